The molecule has 1 saturated heterocycles. The number of piperidine rings is 1. The van der Waals surface area contributed by atoms with Gasteiger partial charge in [0.1, 0.15) is 22.8 Å². The van der Waals surface area contributed by atoms with Crippen LogP contribution in [-0.4, -0.2) is 63.2 Å². The van der Waals surface area contributed by atoms with Crippen LogP contribution < -0.4 is 14.2 Å². The van der Waals surface area contributed by atoms with Gasteiger partial charge < -0.3 is 33.3 Å². The third-order valence-electron chi connectivity index (χ3n) is 8.24. The summed E-state index contributed by atoms with van der Waals surface area (Å²) in [7, 11) is 3.34. The number of rotatable bonds is 13. The van der Waals surface area contributed by atoms with E-state index in [-0.39, 0.29) is 18.1 Å². The predicted octanol–water partition coefficient (Wildman–Crippen LogP) is 8.15. The van der Waals surface area contributed by atoms with E-state index >= 15 is 0 Å². The Balaban J connectivity index is 1.25. The summed E-state index contributed by atoms with van der Waals surface area (Å²) in [6.45, 7) is 8.74. The minimum absolute atomic E-state index is 0.0717. The zero-order valence-electron chi connectivity index (χ0n) is 28.2. The molecule has 0 spiro atoms. The first-order valence-electron chi connectivity index (χ1n) is 16.3. The average Bonchev–Trinajstić information content (AvgIpc) is 3.08. The van der Waals surface area contributed by atoms with Crippen molar-refractivity contribution in [3.63, 3.8) is 0 Å². The molecule has 0 saturated carbocycles. The van der Waals surface area contributed by atoms with Gasteiger partial charge in [-0.3, -0.25) is 0 Å². The Kier molecular flexibility index (Phi) is 11.6. The first-order chi connectivity index (χ1) is 22.8. The lowest BCUT2D eigenvalue weighted by molar-refractivity contribution is -0.0363. The Hall–Kier alpha value is -4.27. The van der Waals surface area contributed by atoms with Gasteiger partial charge in [-0.2, -0.15) is 0 Å². The second-order valence-corrected chi connectivity index (χ2v) is 12.8. The van der Waals surface area contributed by atoms with Crippen LogP contribution in [0.1, 0.15) is 56.2 Å². The third-order valence-corrected chi connectivity index (χ3v) is 8.24. The molecule has 5 rings (SSSR count). The monoisotopic (exact) mass is 641 g/mol. The molecule has 250 valence electrons. The van der Waals surface area contributed by atoms with E-state index in [1.807, 2.05) is 81.4 Å². The van der Waals surface area contributed by atoms with Gasteiger partial charge in [0.15, 0.2) is 0 Å². The molecular formula is C39H47NO7. The number of carbonyl (C=O) groups excluding carboxylic acids is 1. The molecular weight excluding hydrogens is 594 g/mol. The maximum Gasteiger partial charge on any atom is 0.410 e. The Bertz CT molecular complexity index is 1580. The van der Waals surface area contributed by atoms with Crippen LogP contribution in [0.15, 0.2) is 84.9 Å². The minimum atomic E-state index is -0.580. The highest BCUT2D eigenvalue weighted by molar-refractivity contribution is 5.94. The summed E-state index contributed by atoms with van der Waals surface area (Å²) < 4.78 is 35.8. The molecule has 47 heavy (non-hydrogen) atoms. The van der Waals surface area contributed by atoms with Crippen molar-refractivity contribution in [2.75, 3.05) is 40.5 Å². The molecule has 0 aliphatic carbocycles. The fourth-order valence-corrected chi connectivity index (χ4v) is 5.97. The van der Waals surface area contributed by atoms with Crippen molar-refractivity contribution >= 4 is 16.9 Å². The van der Waals surface area contributed by atoms with Gasteiger partial charge in [0.05, 0.1) is 53.3 Å². The Morgan fingerprint density at radius 3 is 2.28 bits per heavy atom. The highest BCUT2D eigenvalue weighted by atomic mass is 16.6. The van der Waals surface area contributed by atoms with Crippen molar-refractivity contribution in [2.24, 2.45) is 0 Å². The number of methoxy groups -OCH3 is 2. The highest BCUT2D eigenvalue weighted by Crippen LogP contribution is 2.38. The van der Waals surface area contributed by atoms with Gasteiger partial charge in [-0.1, -0.05) is 66.7 Å². The van der Waals surface area contributed by atoms with E-state index in [1.54, 1.807) is 19.1 Å². The van der Waals surface area contributed by atoms with Crippen LogP contribution in [0, 0.1) is 0 Å². The molecule has 0 radical (unpaired) electrons. The number of amides is 1. The number of carbonyl (C=O) groups is 1. The number of benzene rings is 4. The zero-order chi connectivity index (χ0) is 33.2. The smallest absolute Gasteiger partial charge is 0.410 e. The topological polar surface area (TPSA) is 75.7 Å². The summed E-state index contributed by atoms with van der Waals surface area (Å²) in [5, 5.41) is 1.94. The maximum atomic E-state index is 13.1. The van der Waals surface area contributed by atoms with Crippen molar-refractivity contribution in [1.29, 1.82) is 0 Å². The van der Waals surface area contributed by atoms with Crippen LogP contribution in [0.2, 0.25) is 0 Å². The molecule has 1 heterocycles. The quantitative estimate of drug-likeness (QED) is 0.136. The SMILES string of the molecule is COc1cc(COC2CN(C(=O)OC(C)(C)C)CCC2c2ccc(OCCCOCc3ccccc3)cc2)c(OC)c2ccccc12. The Morgan fingerprint density at radius 2 is 1.57 bits per heavy atom. The van der Waals surface area contributed by atoms with E-state index in [0.29, 0.717) is 39.5 Å². The van der Waals surface area contributed by atoms with Gasteiger partial charge in [0.2, 0.25) is 0 Å². The van der Waals surface area contributed by atoms with E-state index in [2.05, 4.69) is 24.3 Å². The second-order valence-electron chi connectivity index (χ2n) is 12.8. The van der Waals surface area contributed by atoms with Crippen LogP contribution in [0.3, 0.4) is 0 Å². The van der Waals surface area contributed by atoms with E-state index < -0.39 is 5.60 Å². The lowest BCUT2D eigenvalue weighted by Gasteiger charge is -2.39. The summed E-state index contributed by atoms with van der Waals surface area (Å²) >= 11 is 0. The van der Waals surface area contributed by atoms with E-state index in [4.69, 9.17) is 28.4 Å². The number of ether oxygens (including phenoxy) is 6. The average molecular weight is 642 g/mol. The molecule has 8 nitrogen and oxygen atoms in total. The van der Waals surface area contributed by atoms with Crippen LogP contribution in [0.4, 0.5) is 4.79 Å². The molecule has 8 heteroatoms. The molecule has 1 aliphatic rings. The number of likely N-dealkylation sites (tertiary alicyclic amines) is 1. The van der Waals surface area contributed by atoms with Gasteiger partial charge in [-0.05, 0) is 56.5 Å². The molecule has 0 aromatic heterocycles. The van der Waals surface area contributed by atoms with Crippen LogP contribution >= 0.6 is 0 Å². The summed E-state index contributed by atoms with van der Waals surface area (Å²) in [5.41, 5.74) is 2.61. The van der Waals surface area contributed by atoms with Crippen molar-refractivity contribution in [1.82, 2.24) is 4.90 Å². The summed E-state index contributed by atoms with van der Waals surface area (Å²) in [6.07, 6.45) is 0.940. The van der Waals surface area contributed by atoms with Gasteiger partial charge in [-0.25, -0.2) is 4.79 Å². The van der Waals surface area contributed by atoms with E-state index in [1.165, 1.54) is 5.56 Å². The first-order valence-corrected chi connectivity index (χ1v) is 16.3. The molecule has 2 atom stereocenters. The van der Waals surface area contributed by atoms with Gasteiger partial charge >= 0.3 is 6.09 Å². The second kappa shape index (κ2) is 16.0. The van der Waals surface area contributed by atoms with Crippen LogP contribution in [0.25, 0.3) is 10.8 Å². The molecule has 4 aromatic rings. The number of fused-ring (bicyclic) bond motifs is 1. The lowest BCUT2D eigenvalue weighted by Crippen LogP contribution is -2.48. The minimum Gasteiger partial charge on any atom is -0.496 e. The van der Waals surface area contributed by atoms with Crippen molar-refractivity contribution in [3.05, 3.63) is 102 Å². The number of nitrogens with zero attached hydrogens (tertiary/aromatic N) is 1. The highest BCUT2D eigenvalue weighted by Gasteiger charge is 2.35. The van der Waals surface area contributed by atoms with Crippen molar-refractivity contribution in [2.45, 2.75) is 64.4 Å². The van der Waals surface area contributed by atoms with Crippen LogP contribution in [-0.2, 0) is 27.4 Å². The molecule has 4 aromatic carbocycles. The Morgan fingerprint density at radius 1 is 0.851 bits per heavy atom. The van der Waals surface area contributed by atoms with Crippen molar-refractivity contribution < 1.29 is 33.2 Å². The van der Waals surface area contributed by atoms with Gasteiger partial charge in [-0.15, -0.1) is 0 Å². The van der Waals surface area contributed by atoms with E-state index in [9.17, 15) is 4.79 Å². The van der Waals surface area contributed by atoms with Crippen LogP contribution in [0.5, 0.6) is 17.2 Å². The molecule has 0 N–H and O–H groups in total. The number of hydrogen-bond donors (Lipinski definition) is 0. The zero-order valence-corrected chi connectivity index (χ0v) is 28.2. The summed E-state index contributed by atoms with van der Waals surface area (Å²) in [6, 6.07) is 28.4. The summed E-state index contributed by atoms with van der Waals surface area (Å²) in [5.74, 6) is 2.40. The number of hydrogen-bond acceptors (Lipinski definition) is 7. The fourth-order valence-electron chi connectivity index (χ4n) is 5.97. The Labute approximate surface area is 278 Å². The largest absolute Gasteiger partial charge is 0.496 e. The lowest BCUT2D eigenvalue weighted by atomic mass is 9.87. The molecule has 0 bridgehead atoms. The van der Waals surface area contributed by atoms with Crippen molar-refractivity contribution in [3.8, 4) is 17.2 Å². The molecule has 1 fully saturated rings. The molecule has 1 amide bonds. The third kappa shape index (κ3) is 9.18. The molecule has 1 aliphatic heterocycles. The normalized spacial score (nSPS) is 16.6. The van der Waals surface area contributed by atoms with E-state index in [0.717, 1.165) is 52.0 Å². The summed E-state index contributed by atoms with van der Waals surface area (Å²) in [4.78, 5) is 14.8. The fraction of sp³-hybridized carbons (Fsp3) is 0.410. The van der Waals surface area contributed by atoms with Gasteiger partial charge in [0, 0.05) is 35.2 Å². The van der Waals surface area contributed by atoms with Gasteiger partial charge in [0.25, 0.3) is 0 Å². The predicted molar refractivity (Wildman–Crippen MR) is 183 cm³/mol. The maximum absolute atomic E-state index is 13.1. The first kappa shape index (κ1) is 34.1. The molecule has 2 unspecified atom stereocenters. The standard InChI is InChI=1S/C39H47NO7/c1-39(2,3)47-38(41)40-21-20-32(29-16-18-31(19-17-29)45-23-11-22-44-26-28-12-7-6-8-13-28)36(25-40)46-27-30-24-35(42-4)33-14-9-10-15-34(33)37(30)43-5/h6-10,12-19,24,32,36H,11,20-23,25-27H2,1-5H3.